The Morgan fingerprint density at radius 3 is 2.40 bits per heavy atom. The summed E-state index contributed by atoms with van der Waals surface area (Å²) in [5.41, 5.74) is 5.36. The van der Waals surface area contributed by atoms with Gasteiger partial charge in [-0.15, -0.1) is 0 Å². The van der Waals surface area contributed by atoms with Gasteiger partial charge < -0.3 is 20.8 Å². The topological polar surface area (TPSA) is 76.4 Å². The summed E-state index contributed by atoms with van der Waals surface area (Å²) in [6, 6.07) is 0. The van der Waals surface area contributed by atoms with E-state index < -0.39 is 8.32 Å². The van der Waals surface area contributed by atoms with E-state index in [1.165, 1.54) is 0 Å². The van der Waals surface area contributed by atoms with Crippen molar-refractivity contribution >= 4 is 14.2 Å². The molecular weight excluding hydrogens is 270 g/mol. The molecule has 0 aliphatic rings. The third kappa shape index (κ3) is 8.68. The predicted molar refractivity (Wildman–Crippen MR) is 87.3 cm³/mol. The van der Waals surface area contributed by atoms with E-state index in [4.69, 9.17) is 10.2 Å². The quantitative estimate of drug-likeness (QED) is 0.422. The monoisotopic (exact) mass is 303 g/mol. The van der Waals surface area contributed by atoms with Crippen LogP contribution in [0.2, 0.25) is 18.1 Å². The molecule has 0 atom stereocenters. The molecule has 1 amide bonds. The third-order valence-corrected chi connectivity index (χ3v) is 8.32. The summed E-state index contributed by atoms with van der Waals surface area (Å²) >= 11 is 0. The molecule has 0 aliphatic heterocycles. The normalized spacial score (nSPS) is 12.5. The highest BCUT2D eigenvalue weighted by atomic mass is 28.4. The first kappa shape index (κ1) is 19.6. The van der Waals surface area contributed by atoms with Crippen LogP contribution in [0, 0.1) is 0 Å². The molecule has 0 aromatic rings. The molecule has 0 saturated carbocycles. The summed E-state index contributed by atoms with van der Waals surface area (Å²) in [5.74, 6) is 0.0799. The van der Waals surface area contributed by atoms with Gasteiger partial charge in [-0.2, -0.15) is 0 Å². The van der Waals surface area contributed by atoms with Crippen LogP contribution in [0.15, 0.2) is 0 Å². The predicted octanol–water partition coefficient (Wildman–Crippen LogP) is 1.45. The van der Waals surface area contributed by atoms with Gasteiger partial charge in [0.25, 0.3) is 0 Å². The largest absolute Gasteiger partial charge is 0.416 e. The van der Waals surface area contributed by atoms with Crippen LogP contribution in [0.3, 0.4) is 0 Å². The first-order valence-corrected chi connectivity index (χ1v) is 10.4. The van der Waals surface area contributed by atoms with Gasteiger partial charge in [-0.3, -0.25) is 4.79 Å². The summed E-state index contributed by atoms with van der Waals surface area (Å²) in [6.45, 7) is 14.7. The molecule has 0 aromatic carbocycles. The standard InChI is InChI=1S/C14H33N3O2Si/c1-14(2,3)20(4,5)19-12-11-16-10-7-13(18)17-9-6-8-15/h16H,6-12,15H2,1-5H3,(H,17,18). The minimum atomic E-state index is -1.64. The summed E-state index contributed by atoms with van der Waals surface area (Å²) in [5, 5.41) is 6.32. The van der Waals surface area contributed by atoms with Gasteiger partial charge in [0.05, 0.1) is 0 Å². The highest BCUT2D eigenvalue weighted by Crippen LogP contribution is 2.36. The molecule has 0 spiro atoms. The van der Waals surface area contributed by atoms with Crippen LogP contribution in [0.25, 0.3) is 0 Å². The lowest BCUT2D eigenvalue weighted by Crippen LogP contribution is -2.42. The van der Waals surface area contributed by atoms with Crippen molar-refractivity contribution in [3.05, 3.63) is 0 Å². The van der Waals surface area contributed by atoms with Crippen molar-refractivity contribution in [1.29, 1.82) is 0 Å². The Bertz CT molecular complexity index is 278. The number of carbonyl (C=O) groups excluding carboxylic acids is 1. The van der Waals surface area contributed by atoms with Gasteiger partial charge in [-0.05, 0) is 31.1 Å². The van der Waals surface area contributed by atoms with E-state index in [0.717, 1.165) is 13.0 Å². The first-order valence-electron chi connectivity index (χ1n) is 7.52. The molecule has 0 saturated heterocycles. The lowest BCUT2D eigenvalue weighted by atomic mass is 10.2. The van der Waals surface area contributed by atoms with E-state index in [1.54, 1.807) is 0 Å². The average molecular weight is 304 g/mol. The molecule has 20 heavy (non-hydrogen) atoms. The van der Waals surface area contributed by atoms with Gasteiger partial charge in [0.15, 0.2) is 8.32 Å². The molecule has 5 nitrogen and oxygen atoms in total. The van der Waals surface area contributed by atoms with Crippen molar-refractivity contribution in [2.75, 3.05) is 32.8 Å². The Labute approximate surface area is 125 Å². The van der Waals surface area contributed by atoms with Crippen molar-refractivity contribution in [3.63, 3.8) is 0 Å². The first-order chi connectivity index (χ1) is 9.20. The van der Waals surface area contributed by atoms with E-state index in [1.807, 2.05) is 0 Å². The van der Waals surface area contributed by atoms with E-state index in [0.29, 0.717) is 32.7 Å². The second kappa shape index (κ2) is 9.49. The van der Waals surface area contributed by atoms with Crippen LogP contribution in [-0.4, -0.2) is 47.0 Å². The maximum atomic E-state index is 11.4. The van der Waals surface area contributed by atoms with Crippen molar-refractivity contribution in [3.8, 4) is 0 Å². The molecule has 120 valence electrons. The minimum Gasteiger partial charge on any atom is -0.416 e. The Morgan fingerprint density at radius 2 is 1.85 bits per heavy atom. The Morgan fingerprint density at radius 1 is 1.20 bits per heavy atom. The maximum absolute atomic E-state index is 11.4. The lowest BCUT2D eigenvalue weighted by molar-refractivity contribution is -0.120. The van der Waals surface area contributed by atoms with Crippen LogP contribution in [0.5, 0.6) is 0 Å². The molecule has 6 heteroatoms. The number of rotatable bonds is 10. The van der Waals surface area contributed by atoms with Gasteiger partial charge in [0.1, 0.15) is 0 Å². The number of nitrogens with two attached hydrogens (primary N) is 1. The molecule has 0 aliphatic carbocycles. The number of carbonyl (C=O) groups is 1. The fourth-order valence-corrected chi connectivity index (χ4v) is 2.39. The van der Waals surface area contributed by atoms with Crippen LogP contribution < -0.4 is 16.4 Å². The molecule has 0 unspecified atom stereocenters. The van der Waals surface area contributed by atoms with Gasteiger partial charge in [0, 0.05) is 32.7 Å². The summed E-state index contributed by atoms with van der Waals surface area (Å²) in [4.78, 5) is 11.4. The summed E-state index contributed by atoms with van der Waals surface area (Å²) in [7, 11) is -1.64. The number of amides is 1. The molecule has 0 rings (SSSR count). The van der Waals surface area contributed by atoms with Crippen LogP contribution in [0.4, 0.5) is 0 Å². The lowest BCUT2D eigenvalue weighted by Gasteiger charge is -2.36. The molecule has 0 fully saturated rings. The zero-order valence-corrected chi connectivity index (χ0v) is 14.8. The summed E-state index contributed by atoms with van der Waals surface area (Å²) < 4.78 is 6.04. The maximum Gasteiger partial charge on any atom is 0.221 e. The average Bonchev–Trinajstić information content (AvgIpc) is 2.32. The Hall–Kier alpha value is -0.433. The zero-order valence-electron chi connectivity index (χ0n) is 13.8. The fourth-order valence-electron chi connectivity index (χ4n) is 1.34. The van der Waals surface area contributed by atoms with E-state index in [-0.39, 0.29) is 10.9 Å². The van der Waals surface area contributed by atoms with Crippen molar-refractivity contribution in [2.24, 2.45) is 5.73 Å². The molecule has 0 heterocycles. The SMILES string of the molecule is CC(C)(C)[Si](C)(C)OCCNCCC(=O)NCCCN. The Kier molecular flexibility index (Phi) is 9.29. The van der Waals surface area contributed by atoms with E-state index >= 15 is 0 Å². The van der Waals surface area contributed by atoms with Crippen molar-refractivity contribution in [1.82, 2.24) is 10.6 Å². The highest BCUT2D eigenvalue weighted by molar-refractivity contribution is 6.74. The second-order valence-electron chi connectivity index (χ2n) is 6.60. The second-order valence-corrected chi connectivity index (χ2v) is 11.4. The van der Waals surface area contributed by atoms with Crippen LogP contribution >= 0.6 is 0 Å². The smallest absolute Gasteiger partial charge is 0.221 e. The minimum absolute atomic E-state index is 0.0799. The molecular formula is C14H33N3O2Si. The summed E-state index contributed by atoms with van der Waals surface area (Å²) in [6.07, 6.45) is 1.34. The van der Waals surface area contributed by atoms with Crippen LogP contribution in [-0.2, 0) is 9.22 Å². The van der Waals surface area contributed by atoms with Gasteiger partial charge in [0.2, 0.25) is 5.91 Å². The van der Waals surface area contributed by atoms with Gasteiger partial charge >= 0.3 is 0 Å². The Balaban J connectivity index is 3.56. The third-order valence-electron chi connectivity index (χ3n) is 3.78. The molecule has 0 bridgehead atoms. The number of hydrogen-bond donors (Lipinski definition) is 3. The highest BCUT2D eigenvalue weighted by Gasteiger charge is 2.36. The van der Waals surface area contributed by atoms with Gasteiger partial charge in [-0.25, -0.2) is 0 Å². The van der Waals surface area contributed by atoms with E-state index in [2.05, 4.69) is 44.5 Å². The zero-order chi connectivity index (χ0) is 15.6. The number of hydrogen-bond acceptors (Lipinski definition) is 4. The van der Waals surface area contributed by atoms with Crippen molar-refractivity contribution < 1.29 is 9.22 Å². The number of nitrogens with one attached hydrogen (secondary N) is 2. The fraction of sp³-hybridized carbons (Fsp3) is 0.929. The molecule has 4 N–H and O–H groups in total. The molecule has 0 radical (unpaired) electrons. The van der Waals surface area contributed by atoms with Gasteiger partial charge in [-0.1, -0.05) is 20.8 Å². The molecule has 0 aromatic heterocycles. The van der Waals surface area contributed by atoms with Crippen molar-refractivity contribution in [2.45, 2.75) is 51.7 Å². The van der Waals surface area contributed by atoms with Crippen LogP contribution in [0.1, 0.15) is 33.6 Å². The van der Waals surface area contributed by atoms with E-state index in [9.17, 15) is 4.79 Å².